The van der Waals surface area contributed by atoms with Crippen molar-refractivity contribution in [3.8, 4) is 0 Å². The third kappa shape index (κ3) is 1.79. The van der Waals surface area contributed by atoms with E-state index >= 15 is 0 Å². The Balaban J connectivity index is 1.70. The van der Waals surface area contributed by atoms with Gasteiger partial charge in [-0.05, 0) is 43.4 Å². The smallest absolute Gasteiger partial charge is 0.147 e. The lowest BCUT2D eigenvalue weighted by molar-refractivity contribution is 0.465. The number of hydrogen-bond donors (Lipinski definition) is 2. The van der Waals surface area contributed by atoms with Crippen LogP contribution in [0.3, 0.4) is 0 Å². The van der Waals surface area contributed by atoms with Crippen LogP contribution in [0, 0.1) is 11.3 Å². The normalized spacial score (nSPS) is 21.5. The van der Waals surface area contributed by atoms with Crippen molar-refractivity contribution in [2.75, 3.05) is 17.6 Å². The molecule has 1 aromatic heterocycles. The van der Waals surface area contributed by atoms with Crippen molar-refractivity contribution < 1.29 is 0 Å². The van der Waals surface area contributed by atoms with E-state index in [-0.39, 0.29) is 0 Å². The van der Waals surface area contributed by atoms with Crippen molar-refractivity contribution in [1.82, 2.24) is 9.78 Å². The predicted octanol–water partition coefficient (Wildman–Crippen LogP) is 2.17. The minimum atomic E-state index is 0.600. The van der Waals surface area contributed by atoms with Crippen molar-refractivity contribution >= 4 is 11.5 Å². The molecule has 1 heterocycles. The molecule has 0 amide bonds. The second-order valence-electron chi connectivity index (χ2n) is 5.68. The molecule has 0 aliphatic heterocycles. The van der Waals surface area contributed by atoms with E-state index in [4.69, 9.17) is 5.73 Å². The van der Waals surface area contributed by atoms with Gasteiger partial charge in [-0.1, -0.05) is 6.92 Å². The number of rotatable bonds is 5. The van der Waals surface area contributed by atoms with Crippen LogP contribution in [0.5, 0.6) is 0 Å². The molecule has 0 atom stereocenters. The van der Waals surface area contributed by atoms with E-state index in [1.807, 2.05) is 11.7 Å². The molecule has 17 heavy (non-hydrogen) atoms. The second-order valence-corrected chi connectivity index (χ2v) is 5.68. The zero-order chi connectivity index (χ0) is 12.0. The molecule has 2 fully saturated rings. The highest BCUT2D eigenvalue weighted by Crippen LogP contribution is 2.61. The third-order valence-corrected chi connectivity index (χ3v) is 4.44. The van der Waals surface area contributed by atoms with Crippen LogP contribution in [0.25, 0.3) is 0 Å². The van der Waals surface area contributed by atoms with Crippen LogP contribution in [0.2, 0.25) is 0 Å². The molecule has 0 aromatic carbocycles. The lowest BCUT2D eigenvalue weighted by atomic mass is 10.0. The SMILES string of the molecule is CCc1nn(C)c(NCC2(C3CC3)CC2)c1N. The largest absolute Gasteiger partial charge is 0.394 e. The average molecular weight is 234 g/mol. The lowest BCUT2D eigenvalue weighted by Crippen LogP contribution is -2.19. The maximum Gasteiger partial charge on any atom is 0.147 e. The molecule has 4 nitrogen and oxygen atoms in total. The summed E-state index contributed by atoms with van der Waals surface area (Å²) in [6.07, 6.45) is 6.55. The molecule has 1 aromatic rings. The van der Waals surface area contributed by atoms with Gasteiger partial charge in [0.15, 0.2) is 0 Å². The first-order valence-corrected chi connectivity index (χ1v) is 6.71. The van der Waals surface area contributed by atoms with Crippen LogP contribution in [0.4, 0.5) is 11.5 Å². The van der Waals surface area contributed by atoms with Gasteiger partial charge in [0, 0.05) is 13.6 Å². The van der Waals surface area contributed by atoms with E-state index < -0.39 is 0 Å². The number of aromatic nitrogens is 2. The monoisotopic (exact) mass is 234 g/mol. The van der Waals surface area contributed by atoms with Crippen molar-refractivity contribution in [2.24, 2.45) is 18.4 Å². The van der Waals surface area contributed by atoms with E-state index in [0.717, 1.165) is 36.1 Å². The van der Waals surface area contributed by atoms with Gasteiger partial charge >= 0.3 is 0 Å². The van der Waals surface area contributed by atoms with Crippen LogP contribution >= 0.6 is 0 Å². The molecule has 2 saturated carbocycles. The first-order chi connectivity index (χ1) is 8.16. The summed E-state index contributed by atoms with van der Waals surface area (Å²) >= 11 is 0. The zero-order valence-corrected chi connectivity index (χ0v) is 10.8. The molecule has 0 unspecified atom stereocenters. The van der Waals surface area contributed by atoms with Crippen LogP contribution in [-0.4, -0.2) is 16.3 Å². The Bertz CT molecular complexity index is 427. The summed E-state index contributed by atoms with van der Waals surface area (Å²) in [5.74, 6) is 1.99. The maximum atomic E-state index is 6.11. The second kappa shape index (κ2) is 3.65. The van der Waals surface area contributed by atoms with Crippen LogP contribution in [0.1, 0.15) is 38.3 Å². The zero-order valence-electron chi connectivity index (χ0n) is 10.8. The van der Waals surface area contributed by atoms with Gasteiger partial charge in [-0.3, -0.25) is 4.68 Å². The fourth-order valence-corrected chi connectivity index (χ4v) is 2.91. The van der Waals surface area contributed by atoms with E-state index in [2.05, 4.69) is 17.3 Å². The first-order valence-electron chi connectivity index (χ1n) is 6.71. The van der Waals surface area contributed by atoms with Crippen LogP contribution in [0.15, 0.2) is 0 Å². The summed E-state index contributed by atoms with van der Waals surface area (Å²) in [7, 11) is 1.97. The minimum absolute atomic E-state index is 0.600. The van der Waals surface area contributed by atoms with Gasteiger partial charge < -0.3 is 11.1 Å². The maximum absolute atomic E-state index is 6.11. The topological polar surface area (TPSA) is 55.9 Å². The molecule has 0 spiro atoms. The molecule has 2 aliphatic carbocycles. The van der Waals surface area contributed by atoms with Crippen LogP contribution < -0.4 is 11.1 Å². The predicted molar refractivity (Wildman–Crippen MR) is 69.9 cm³/mol. The Morgan fingerprint density at radius 3 is 2.65 bits per heavy atom. The summed E-state index contributed by atoms with van der Waals surface area (Å²) in [6, 6.07) is 0. The molecule has 0 bridgehead atoms. The Morgan fingerprint density at radius 2 is 2.18 bits per heavy atom. The lowest BCUT2D eigenvalue weighted by Gasteiger charge is -2.16. The van der Waals surface area contributed by atoms with Gasteiger partial charge in [-0.2, -0.15) is 5.10 Å². The number of nitrogens with zero attached hydrogens (tertiary/aromatic N) is 2. The van der Waals surface area contributed by atoms with E-state index in [1.54, 1.807) is 0 Å². The number of nitrogens with one attached hydrogen (secondary N) is 1. The third-order valence-electron chi connectivity index (χ3n) is 4.44. The number of aryl methyl sites for hydroxylation is 2. The first kappa shape index (κ1) is 10.9. The van der Waals surface area contributed by atoms with Gasteiger partial charge in [0.05, 0.1) is 11.4 Å². The molecule has 3 N–H and O–H groups in total. The molecule has 2 aliphatic rings. The average Bonchev–Trinajstić information content (AvgIpc) is 3.16. The van der Waals surface area contributed by atoms with Crippen molar-refractivity contribution in [2.45, 2.75) is 39.0 Å². The summed E-state index contributed by atoms with van der Waals surface area (Å²) in [4.78, 5) is 0. The highest BCUT2D eigenvalue weighted by molar-refractivity contribution is 5.65. The fourth-order valence-electron chi connectivity index (χ4n) is 2.91. The quantitative estimate of drug-likeness (QED) is 0.821. The number of nitrogens with two attached hydrogens (primary N) is 1. The Labute approximate surface area is 103 Å². The van der Waals surface area contributed by atoms with Crippen LogP contribution in [-0.2, 0) is 13.5 Å². The Kier molecular flexibility index (Phi) is 2.35. The van der Waals surface area contributed by atoms with Gasteiger partial charge in [0.1, 0.15) is 5.82 Å². The highest BCUT2D eigenvalue weighted by Gasteiger charge is 2.53. The minimum Gasteiger partial charge on any atom is -0.394 e. The van der Waals surface area contributed by atoms with Crippen molar-refractivity contribution in [3.05, 3.63) is 5.69 Å². The Hall–Kier alpha value is -1.19. The summed E-state index contributed by atoms with van der Waals surface area (Å²) in [5.41, 5.74) is 8.55. The summed E-state index contributed by atoms with van der Waals surface area (Å²) in [6.45, 7) is 3.17. The fraction of sp³-hybridized carbons (Fsp3) is 0.769. The van der Waals surface area contributed by atoms with Crippen molar-refractivity contribution in [3.63, 3.8) is 0 Å². The Morgan fingerprint density at radius 1 is 1.47 bits per heavy atom. The van der Waals surface area contributed by atoms with Gasteiger partial charge in [0.25, 0.3) is 0 Å². The number of anilines is 2. The summed E-state index contributed by atoms with van der Waals surface area (Å²) < 4.78 is 1.89. The standard InChI is InChI=1S/C13H22N4/c1-3-10-11(14)12(17(2)16-10)15-8-13(6-7-13)9-4-5-9/h9,15H,3-8,14H2,1-2H3. The molecule has 0 saturated heterocycles. The van der Waals surface area contributed by atoms with E-state index in [0.29, 0.717) is 5.41 Å². The highest BCUT2D eigenvalue weighted by atomic mass is 15.3. The molecule has 4 heteroatoms. The molecular formula is C13H22N4. The molecule has 0 radical (unpaired) electrons. The number of hydrogen-bond acceptors (Lipinski definition) is 3. The molecular weight excluding hydrogens is 212 g/mol. The van der Waals surface area contributed by atoms with Gasteiger partial charge in [-0.25, -0.2) is 0 Å². The van der Waals surface area contributed by atoms with E-state index in [9.17, 15) is 0 Å². The van der Waals surface area contributed by atoms with Gasteiger partial charge in [0.2, 0.25) is 0 Å². The summed E-state index contributed by atoms with van der Waals surface area (Å²) in [5, 5.41) is 7.97. The van der Waals surface area contributed by atoms with E-state index in [1.165, 1.54) is 25.7 Å². The van der Waals surface area contributed by atoms with Gasteiger partial charge in [-0.15, -0.1) is 0 Å². The molecule has 94 valence electrons. The molecule has 3 rings (SSSR count). The number of nitrogen functional groups attached to an aromatic ring is 1. The van der Waals surface area contributed by atoms with Crippen molar-refractivity contribution in [1.29, 1.82) is 0 Å².